The van der Waals surface area contributed by atoms with E-state index >= 15 is 0 Å². The Morgan fingerprint density at radius 3 is 1.26 bits per heavy atom. The van der Waals surface area contributed by atoms with Crippen molar-refractivity contribution in [2.75, 3.05) is 40.9 Å². The van der Waals surface area contributed by atoms with E-state index in [1.54, 1.807) is 6.08 Å². The topological polar surface area (TPSA) is 108 Å². The summed E-state index contributed by atoms with van der Waals surface area (Å²) in [4.78, 5) is 25.5. The summed E-state index contributed by atoms with van der Waals surface area (Å²) in [6.07, 6.45) is 79.2. The average Bonchev–Trinajstić information content (AvgIpc) is 3.36. The number of hydrogen-bond acceptors (Lipinski definition) is 6. The van der Waals surface area contributed by atoms with Gasteiger partial charge in [0, 0.05) is 6.42 Å². The lowest BCUT2D eigenvalue weighted by Crippen LogP contribution is -2.45. The van der Waals surface area contributed by atoms with E-state index in [0.717, 1.165) is 77.0 Å². The Kier molecular flexibility index (Phi) is 53.3. The highest BCUT2D eigenvalue weighted by molar-refractivity contribution is 7.45. The molecule has 0 saturated heterocycles. The highest BCUT2D eigenvalue weighted by Gasteiger charge is 2.23. The van der Waals surface area contributed by atoms with Crippen LogP contribution in [0, 0.1) is 0 Å². The molecule has 9 heteroatoms. The minimum atomic E-state index is -4.61. The molecule has 0 aromatic rings. The minimum Gasteiger partial charge on any atom is -0.756 e. The summed E-state index contributed by atoms with van der Waals surface area (Å²) in [6.45, 7) is 4.53. The van der Waals surface area contributed by atoms with Crippen molar-refractivity contribution in [3.63, 3.8) is 0 Å². The van der Waals surface area contributed by atoms with Crippen LogP contribution < -0.4 is 10.2 Å². The number of quaternary nitrogens is 1. The number of rotatable bonds is 55. The van der Waals surface area contributed by atoms with Crippen LogP contribution in [0.3, 0.4) is 0 Å². The molecule has 0 fully saturated rings. The molecule has 1 amide bonds. The number of amides is 1. The third-order valence-electron chi connectivity index (χ3n) is 13.3. The molecular weight excluding hydrogens is 936 g/mol. The molecule has 0 rings (SSSR count). The molecule has 0 aliphatic carbocycles. The number of likely N-dealkylation sites (N-methyl/N-ethyl adjacent to an activating group) is 1. The van der Waals surface area contributed by atoms with Gasteiger partial charge < -0.3 is 28.8 Å². The van der Waals surface area contributed by atoms with Gasteiger partial charge >= 0.3 is 0 Å². The molecule has 0 radical (unpaired) electrons. The summed E-state index contributed by atoms with van der Waals surface area (Å²) < 4.78 is 23.4. The Morgan fingerprint density at radius 2 is 0.838 bits per heavy atom. The average molecular weight is 1050 g/mol. The number of phosphoric ester groups is 1. The maximum Gasteiger partial charge on any atom is 0.268 e. The quantitative estimate of drug-likeness (QED) is 0.0272. The molecule has 428 valence electrons. The van der Waals surface area contributed by atoms with Gasteiger partial charge in [-0.1, -0.05) is 265 Å². The standard InChI is InChI=1S/C65H117N2O6P/c1-6-8-10-12-14-16-18-20-22-24-26-28-29-30-31-32-33-34-35-36-37-39-41-43-45-47-49-51-53-55-57-59-65(69)66-63(62-73-74(70,71)72-61-60-67(3,4)5)64(68)58-56-54-52-50-48-46-44-42-40-38-27-25-23-21-19-17-15-13-11-9-7-2/h8,10,14,16,20,22,26,28,30-31,33-34,48,50,56,58,63-64,68H,6-7,9,11-13,15,17-19,21,23-25,27,29,32,35-47,49,51-55,57,59-62H2,1-5H3,(H-,66,69,70,71)/b10-8-,16-14-,22-20-,28-26-,31-30-,34-33-,50-48+,58-56+. The number of phosphoric acid groups is 1. The predicted octanol–water partition coefficient (Wildman–Crippen LogP) is 18.4. The summed E-state index contributed by atoms with van der Waals surface area (Å²) >= 11 is 0. The summed E-state index contributed by atoms with van der Waals surface area (Å²) in [5.74, 6) is -0.211. The first-order valence-corrected chi connectivity index (χ1v) is 32.1. The van der Waals surface area contributed by atoms with Gasteiger partial charge in [-0.2, -0.15) is 0 Å². The van der Waals surface area contributed by atoms with Crippen LogP contribution in [0.5, 0.6) is 0 Å². The first-order chi connectivity index (χ1) is 36.0. The summed E-state index contributed by atoms with van der Waals surface area (Å²) in [5.41, 5.74) is 0. The zero-order chi connectivity index (χ0) is 54.2. The molecule has 2 N–H and O–H groups in total. The van der Waals surface area contributed by atoms with Crippen molar-refractivity contribution in [1.29, 1.82) is 0 Å². The van der Waals surface area contributed by atoms with Gasteiger partial charge in [0.05, 0.1) is 39.9 Å². The van der Waals surface area contributed by atoms with E-state index in [1.165, 1.54) is 161 Å². The summed E-state index contributed by atoms with van der Waals surface area (Å²) in [7, 11) is 1.24. The Bertz CT molecular complexity index is 1520. The van der Waals surface area contributed by atoms with Crippen molar-refractivity contribution in [3.8, 4) is 0 Å². The molecule has 0 saturated carbocycles. The van der Waals surface area contributed by atoms with Crippen molar-refractivity contribution < 1.29 is 32.9 Å². The molecule has 0 spiro atoms. The fraction of sp³-hybridized carbons (Fsp3) is 0.738. The van der Waals surface area contributed by atoms with E-state index in [2.05, 4.69) is 104 Å². The normalized spacial score (nSPS) is 14.5. The maximum absolute atomic E-state index is 13.0. The van der Waals surface area contributed by atoms with E-state index in [9.17, 15) is 19.4 Å². The number of carbonyl (C=O) groups is 1. The highest BCUT2D eigenvalue weighted by Crippen LogP contribution is 2.38. The maximum atomic E-state index is 13.0. The molecule has 0 aliphatic heterocycles. The minimum absolute atomic E-state index is 0.0104. The SMILES string of the molecule is CC/C=C\C/C=C\C/C=C\C/C=C\C/C=C\C/C=C\CCCCCCCCCCCCCCC(=O)NC(COP(=O)([O-])OCC[N+](C)(C)C)C(O)/C=C/CC/C=C/CCCCCCCCCCCCCCCCC. The number of nitrogens with zero attached hydrogens (tertiary/aromatic N) is 1. The van der Waals surface area contributed by atoms with E-state index in [4.69, 9.17) is 9.05 Å². The van der Waals surface area contributed by atoms with Gasteiger partial charge in [-0.15, -0.1) is 0 Å². The van der Waals surface area contributed by atoms with Crippen LogP contribution in [0.15, 0.2) is 97.2 Å². The number of allylic oxidation sites excluding steroid dienone is 15. The van der Waals surface area contributed by atoms with Gasteiger partial charge in [-0.3, -0.25) is 9.36 Å². The van der Waals surface area contributed by atoms with Gasteiger partial charge in [0.2, 0.25) is 5.91 Å². The lowest BCUT2D eigenvalue weighted by Gasteiger charge is -2.29. The summed E-state index contributed by atoms with van der Waals surface area (Å²) in [6, 6.07) is -0.911. The van der Waals surface area contributed by atoms with Crippen LogP contribution >= 0.6 is 7.82 Å². The van der Waals surface area contributed by atoms with Crippen molar-refractivity contribution in [1.82, 2.24) is 5.32 Å². The second-order valence-electron chi connectivity index (χ2n) is 21.7. The van der Waals surface area contributed by atoms with Crippen LogP contribution in [0.25, 0.3) is 0 Å². The molecule has 3 atom stereocenters. The lowest BCUT2D eigenvalue weighted by atomic mass is 10.0. The zero-order valence-electron chi connectivity index (χ0n) is 48.8. The Morgan fingerprint density at radius 1 is 0.486 bits per heavy atom. The van der Waals surface area contributed by atoms with Gasteiger partial charge in [0.25, 0.3) is 7.82 Å². The highest BCUT2D eigenvalue weighted by atomic mass is 31.2. The second-order valence-corrected chi connectivity index (χ2v) is 23.1. The fourth-order valence-corrected chi connectivity index (χ4v) is 9.25. The second kappa shape index (κ2) is 55.2. The van der Waals surface area contributed by atoms with Crippen LogP contribution in [-0.4, -0.2) is 68.5 Å². The van der Waals surface area contributed by atoms with E-state index in [0.29, 0.717) is 17.4 Å². The van der Waals surface area contributed by atoms with Crippen molar-refractivity contribution in [3.05, 3.63) is 97.2 Å². The van der Waals surface area contributed by atoms with Crippen molar-refractivity contribution in [2.45, 2.75) is 270 Å². The molecule has 8 nitrogen and oxygen atoms in total. The monoisotopic (exact) mass is 1050 g/mol. The van der Waals surface area contributed by atoms with Crippen LogP contribution in [-0.2, 0) is 18.4 Å². The van der Waals surface area contributed by atoms with E-state index < -0.39 is 26.6 Å². The number of hydrogen-bond donors (Lipinski definition) is 2. The number of aliphatic hydroxyl groups is 1. The number of carbonyl (C=O) groups excluding carboxylic acids is 1. The molecule has 0 heterocycles. The van der Waals surface area contributed by atoms with Crippen LogP contribution in [0.1, 0.15) is 258 Å². The van der Waals surface area contributed by atoms with Crippen LogP contribution in [0.2, 0.25) is 0 Å². The molecule has 0 aromatic heterocycles. The molecule has 0 aliphatic rings. The van der Waals surface area contributed by atoms with Gasteiger partial charge in [-0.25, -0.2) is 0 Å². The Balaban J connectivity index is 4.21. The zero-order valence-corrected chi connectivity index (χ0v) is 49.7. The summed E-state index contributed by atoms with van der Waals surface area (Å²) in [5, 5.41) is 13.9. The fourth-order valence-electron chi connectivity index (χ4n) is 8.53. The smallest absolute Gasteiger partial charge is 0.268 e. The van der Waals surface area contributed by atoms with Crippen molar-refractivity contribution in [2.24, 2.45) is 0 Å². The largest absolute Gasteiger partial charge is 0.756 e. The third kappa shape index (κ3) is 57.1. The molecule has 3 unspecified atom stereocenters. The number of unbranched alkanes of at least 4 members (excludes halogenated alkanes) is 28. The molecule has 74 heavy (non-hydrogen) atoms. The van der Waals surface area contributed by atoms with Crippen molar-refractivity contribution >= 4 is 13.7 Å². The van der Waals surface area contributed by atoms with Gasteiger partial charge in [-0.05, 0) is 83.5 Å². The third-order valence-corrected chi connectivity index (χ3v) is 14.2. The lowest BCUT2D eigenvalue weighted by molar-refractivity contribution is -0.870. The molecule has 0 bridgehead atoms. The Labute approximate surface area is 458 Å². The van der Waals surface area contributed by atoms with E-state index in [1.807, 2.05) is 27.2 Å². The number of aliphatic hydroxyl groups excluding tert-OH is 1. The molecular formula is C65H117N2O6P. The van der Waals surface area contributed by atoms with Gasteiger partial charge in [0.15, 0.2) is 0 Å². The van der Waals surface area contributed by atoms with Crippen LogP contribution in [0.4, 0.5) is 0 Å². The van der Waals surface area contributed by atoms with E-state index in [-0.39, 0.29) is 12.5 Å². The first-order valence-electron chi connectivity index (χ1n) is 30.6. The molecule has 0 aromatic carbocycles. The Hall–Kier alpha value is -2.58. The predicted molar refractivity (Wildman–Crippen MR) is 320 cm³/mol. The van der Waals surface area contributed by atoms with Gasteiger partial charge in [0.1, 0.15) is 13.2 Å². The number of nitrogens with one attached hydrogen (secondary N) is 1. The first kappa shape index (κ1) is 71.4.